The van der Waals surface area contributed by atoms with Gasteiger partial charge in [-0.25, -0.2) is 9.97 Å². The Hall–Kier alpha value is -3.73. The number of H-pyrrole nitrogens is 1. The van der Waals surface area contributed by atoms with Gasteiger partial charge < -0.3 is 14.6 Å². The van der Waals surface area contributed by atoms with Crippen LogP contribution in [0.3, 0.4) is 0 Å². The zero-order valence-corrected chi connectivity index (χ0v) is 19.7. The Labute approximate surface area is 207 Å². The maximum absolute atomic E-state index is 12.7. The molecule has 11 heteroatoms. The number of aromatic nitrogens is 3. The number of ether oxygens (including phenoxy) is 1. The van der Waals surface area contributed by atoms with E-state index in [0.717, 1.165) is 23.4 Å². The normalized spacial score (nSPS) is 14.8. The van der Waals surface area contributed by atoms with Crippen LogP contribution in [0, 0.1) is 5.92 Å². The predicted molar refractivity (Wildman–Crippen MR) is 130 cm³/mol. The summed E-state index contributed by atoms with van der Waals surface area (Å²) in [5, 5.41) is 2.39. The number of benzene rings is 1. The lowest BCUT2D eigenvalue weighted by molar-refractivity contribution is -0.150. The van der Waals surface area contributed by atoms with Crippen molar-refractivity contribution in [2.75, 3.05) is 18.0 Å². The van der Waals surface area contributed by atoms with Gasteiger partial charge >= 0.3 is 12.1 Å². The van der Waals surface area contributed by atoms with E-state index in [1.54, 1.807) is 0 Å². The number of esters is 1. The Kier molecular flexibility index (Phi) is 6.48. The molecule has 0 spiro atoms. The number of fused-ring (bicyclic) bond motifs is 1. The van der Waals surface area contributed by atoms with Crippen molar-refractivity contribution < 1.29 is 22.7 Å². The number of anilines is 1. The van der Waals surface area contributed by atoms with E-state index in [0.29, 0.717) is 42.0 Å². The molecule has 4 aromatic rings. The average molecular weight is 515 g/mol. The fraction of sp³-hybridized carbons (Fsp3) is 0.280. The molecule has 0 saturated carbocycles. The van der Waals surface area contributed by atoms with Crippen LogP contribution in [0.1, 0.15) is 24.2 Å². The molecule has 7 nitrogen and oxygen atoms in total. The Morgan fingerprint density at radius 2 is 1.89 bits per heavy atom. The van der Waals surface area contributed by atoms with Crippen LogP contribution in [0.15, 0.2) is 58.8 Å². The van der Waals surface area contributed by atoms with Crippen molar-refractivity contribution in [3.05, 3.63) is 75.8 Å². The Morgan fingerprint density at radius 1 is 1.14 bits per heavy atom. The highest BCUT2D eigenvalue weighted by Gasteiger charge is 2.32. The fourth-order valence-electron chi connectivity index (χ4n) is 4.23. The number of alkyl halides is 3. The average Bonchev–Trinajstić information content (AvgIpc) is 3.32. The minimum atomic E-state index is -4.43. The molecule has 1 aliphatic heterocycles. The zero-order valence-electron chi connectivity index (χ0n) is 18.9. The number of nitrogens with zero attached hydrogens (tertiary/aromatic N) is 3. The number of hydrogen-bond acceptors (Lipinski definition) is 7. The molecule has 0 radical (unpaired) electrons. The minimum Gasteiger partial charge on any atom is -0.457 e. The monoisotopic (exact) mass is 514 g/mol. The lowest BCUT2D eigenvalue weighted by Gasteiger charge is -2.31. The summed E-state index contributed by atoms with van der Waals surface area (Å²) in [6.07, 6.45) is -2.65. The van der Waals surface area contributed by atoms with E-state index in [1.165, 1.54) is 17.4 Å². The highest BCUT2D eigenvalue weighted by Crippen LogP contribution is 2.31. The summed E-state index contributed by atoms with van der Waals surface area (Å²) in [4.78, 5) is 38.9. The van der Waals surface area contributed by atoms with Crippen LogP contribution in [0.25, 0.3) is 21.3 Å². The van der Waals surface area contributed by atoms with Gasteiger partial charge in [-0.1, -0.05) is 30.3 Å². The molecule has 1 fully saturated rings. The maximum atomic E-state index is 12.7. The molecule has 1 aromatic carbocycles. The van der Waals surface area contributed by atoms with Gasteiger partial charge in [0.15, 0.2) is 0 Å². The third-order valence-electron chi connectivity index (χ3n) is 6.16. The lowest BCUT2D eigenvalue weighted by Crippen LogP contribution is -2.37. The Bertz CT molecular complexity index is 1430. The van der Waals surface area contributed by atoms with Crippen LogP contribution < -0.4 is 10.5 Å². The molecule has 36 heavy (non-hydrogen) atoms. The zero-order chi connectivity index (χ0) is 25.3. The van der Waals surface area contributed by atoms with Crippen molar-refractivity contribution in [2.24, 2.45) is 5.92 Å². The first kappa shape index (κ1) is 24.0. The summed E-state index contributed by atoms with van der Waals surface area (Å²) >= 11 is 1.35. The number of carbonyl (C=O) groups is 1. The van der Waals surface area contributed by atoms with Gasteiger partial charge in [-0.05, 0) is 30.5 Å². The number of halogens is 3. The van der Waals surface area contributed by atoms with Crippen LogP contribution in [0.2, 0.25) is 0 Å². The molecule has 1 saturated heterocycles. The Balaban J connectivity index is 1.19. The van der Waals surface area contributed by atoms with Crippen molar-refractivity contribution in [3.8, 4) is 11.1 Å². The highest BCUT2D eigenvalue weighted by atomic mass is 32.1. The summed E-state index contributed by atoms with van der Waals surface area (Å²) < 4.78 is 43.6. The van der Waals surface area contributed by atoms with Gasteiger partial charge in [0, 0.05) is 30.2 Å². The molecule has 3 aromatic heterocycles. The van der Waals surface area contributed by atoms with Crippen molar-refractivity contribution in [2.45, 2.75) is 25.6 Å². The van der Waals surface area contributed by atoms with Crippen LogP contribution in [-0.2, 0) is 22.3 Å². The third-order valence-corrected chi connectivity index (χ3v) is 7.03. The summed E-state index contributed by atoms with van der Waals surface area (Å²) in [7, 11) is 0. The van der Waals surface area contributed by atoms with Crippen molar-refractivity contribution in [1.82, 2.24) is 15.0 Å². The molecule has 1 aliphatic rings. The number of thiophene rings is 1. The van der Waals surface area contributed by atoms with Crippen LogP contribution in [-0.4, -0.2) is 34.0 Å². The van der Waals surface area contributed by atoms with Gasteiger partial charge in [-0.15, -0.1) is 11.3 Å². The molecule has 4 heterocycles. The molecule has 5 rings (SSSR count). The van der Waals surface area contributed by atoms with Gasteiger partial charge in [-0.2, -0.15) is 13.2 Å². The van der Waals surface area contributed by atoms with Gasteiger partial charge in [0.2, 0.25) is 0 Å². The topological polar surface area (TPSA) is 88.2 Å². The van der Waals surface area contributed by atoms with Gasteiger partial charge in [0.1, 0.15) is 23.1 Å². The Morgan fingerprint density at radius 3 is 2.56 bits per heavy atom. The predicted octanol–water partition coefficient (Wildman–Crippen LogP) is 5.03. The number of nitrogens with one attached hydrogen (secondary N) is 1. The van der Waals surface area contributed by atoms with Crippen LogP contribution >= 0.6 is 11.3 Å². The first-order valence-corrected chi connectivity index (χ1v) is 12.2. The van der Waals surface area contributed by atoms with Crippen LogP contribution in [0.4, 0.5) is 19.0 Å². The summed E-state index contributed by atoms with van der Waals surface area (Å²) in [5.74, 6) is -0.0316. The second kappa shape index (κ2) is 9.73. The largest absolute Gasteiger partial charge is 0.457 e. The summed E-state index contributed by atoms with van der Waals surface area (Å²) in [6, 6.07) is 11.9. The number of piperidine rings is 1. The van der Waals surface area contributed by atoms with E-state index in [4.69, 9.17) is 4.74 Å². The smallest absolute Gasteiger partial charge is 0.417 e. The van der Waals surface area contributed by atoms with Gasteiger partial charge in [0.25, 0.3) is 5.56 Å². The molecule has 0 bridgehead atoms. The lowest BCUT2D eigenvalue weighted by atomic mass is 9.97. The molecule has 0 atom stereocenters. The molecule has 186 valence electrons. The SMILES string of the molecule is O=C(OCc1nc2scc(-c3ccccc3)c2c(=O)[nH]1)C1CCN(c2ccc(C(F)(F)F)cn2)CC1. The van der Waals surface area contributed by atoms with E-state index >= 15 is 0 Å². The molecule has 0 unspecified atom stereocenters. The fourth-order valence-corrected chi connectivity index (χ4v) is 5.20. The first-order valence-electron chi connectivity index (χ1n) is 11.3. The molecule has 1 N–H and O–H groups in total. The van der Waals surface area contributed by atoms with Crippen molar-refractivity contribution in [3.63, 3.8) is 0 Å². The number of hydrogen-bond donors (Lipinski definition) is 1. The second-order valence-electron chi connectivity index (χ2n) is 8.48. The molecular weight excluding hydrogens is 493 g/mol. The van der Waals surface area contributed by atoms with E-state index in [-0.39, 0.29) is 23.9 Å². The van der Waals surface area contributed by atoms with E-state index < -0.39 is 17.7 Å². The number of carbonyl (C=O) groups excluding carboxylic acids is 1. The van der Waals surface area contributed by atoms with Crippen molar-refractivity contribution in [1.29, 1.82) is 0 Å². The maximum Gasteiger partial charge on any atom is 0.417 e. The standard InChI is InChI=1S/C25H21F3N4O3S/c26-25(27,28)17-6-7-20(29-12-17)32-10-8-16(9-11-32)24(34)35-13-19-30-22(33)21-18(14-36-23(21)31-19)15-4-2-1-3-5-15/h1-7,12,14,16H,8-11,13H2,(H,30,31,33). The molecular formula is C25H21F3N4O3S. The summed E-state index contributed by atoms with van der Waals surface area (Å²) in [6.45, 7) is 0.788. The summed E-state index contributed by atoms with van der Waals surface area (Å²) in [5.41, 5.74) is 0.646. The number of rotatable bonds is 5. The number of aromatic amines is 1. The van der Waals surface area contributed by atoms with E-state index in [9.17, 15) is 22.8 Å². The second-order valence-corrected chi connectivity index (χ2v) is 9.34. The third kappa shape index (κ3) is 4.97. The van der Waals surface area contributed by atoms with E-state index in [2.05, 4.69) is 15.0 Å². The van der Waals surface area contributed by atoms with Gasteiger partial charge in [0.05, 0.1) is 16.9 Å². The van der Waals surface area contributed by atoms with E-state index in [1.807, 2.05) is 40.6 Å². The highest BCUT2D eigenvalue weighted by molar-refractivity contribution is 7.17. The quantitative estimate of drug-likeness (QED) is 0.376. The minimum absolute atomic E-state index is 0.150. The molecule has 0 amide bonds. The van der Waals surface area contributed by atoms with Gasteiger partial charge in [-0.3, -0.25) is 9.59 Å². The molecule has 0 aliphatic carbocycles. The first-order chi connectivity index (χ1) is 17.3. The van der Waals surface area contributed by atoms with Crippen molar-refractivity contribution >= 4 is 33.3 Å². The number of pyridine rings is 1. The van der Waals surface area contributed by atoms with Crippen LogP contribution in [0.5, 0.6) is 0 Å².